The van der Waals surface area contributed by atoms with E-state index in [9.17, 15) is 13.2 Å². The zero-order valence-electron chi connectivity index (χ0n) is 19.0. The molecule has 2 fully saturated rings. The normalized spacial score (nSPS) is 18.5. The molecule has 5 heterocycles. The van der Waals surface area contributed by atoms with Crippen LogP contribution >= 0.6 is 0 Å². The minimum absolute atomic E-state index is 0.155. The van der Waals surface area contributed by atoms with Crippen molar-refractivity contribution >= 4 is 32.8 Å². The molecule has 3 aromatic rings. The van der Waals surface area contributed by atoms with Gasteiger partial charge in [0.25, 0.3) is 0 Å². The fraction of sp³-hybridized carbons (Fsp3) is 0.435. The molecule has 34 heavy (non-hydrogen) atoms. The highest BCUT2D eigenvalue weighted by Gasteiger charge is 2.31. The van der Waals surface area contributed by atoms with Gasteiger partial charge in [-0.15, -0.1) is 0 Å². The second kappa shape index (κ2) is 9.69. The fourth-order valence-electron chi connectivity index (χ4n) is 4.61. The van der Waals surface area contributed by atoms with Gasteiger partial charge in [-0.05, 0) is 24.3 Å². The quantitative estimate of drug-likeness (QED) is 0.558. The highest BCUT2D eigenvalue weighted by molar-refractivity contribution is 7.89. The van der Waals surface area contributed by atoms with Crippen LogP contribution in [0.2, 0.25) is 0 Å². The summed E-state index contributed by atoms with van der Waals surface area (Å²) in [6, 6.07) is 9.37. The number of aromatic nitrogens is 3. The first-order valence-electron chi connectivity index (χ1n) is 11.6. The molecule has 0 spiro atoms. The van der Waals surface area contributed by atoms with Crippen molar-refractivity contribution in [2.45, 2.75) is 11.3 Å². The molecule has 0 saturated carbocycles. The van der Waals surface area contributed by atoms with Gasteiger partial charge in [0.15, 0.2) is 0 Å². The monoisotopic (exact) mass is 483 g/mol. The molecular weight excluding hydrogens is 454 g/mol. The number of nitrogens with one attached hydrogen (secondary N) is 1. The van der Waals surface area contributed by atoms with Crippen LogP contribution in [0.1, 0.15) is 6.42 Å². The highest BCUT2D eigenvalue weighted by Crippen LogP contribution is 2.25. The SMILES string of the molecule is O=C(CCN1CCN(S(=O)(=O)c2c[nH]c3ncccc23)CC1)N1CCN(c2ccccn2)CC1. The minimum atomic E-state index is -3.59. The highest BCUT2D eigenvalue weighted by atomic mass is 32.2. The molecular formula is C23H29N7O3S. The molecule has 1 N–H and O–H groups in total. The summed E-state index contributed by atoms with van der Waals surface area (Å²) in [6.45, 7) is 5.64. The van der Waals surface area contributed by atoms with E-state index in [1.807, 2.05) is 23.1 Å². The molecule has 2 aliphatic heterocycles. The molecule has 11 heteroatoms. The van der Waals surface area contributed by atoms with E-state index in [-0.39, 0.29) is 10.8 Å². The lowest BCUT2D eigenvalue weighted by Crippen LogP contribution is -2.51. The van der Waals surface area contributed by atoms with E-state index in [0.717, 1.165) is 18.9 Å². The van der Waals surface area contributed by atoms with Gasteiger partial charge in [-0.25, -0.2) is 18.4 Å². The van der Waals surface area contributed by atoms with Crippen molar-refractivity contribution in [1.29, 1.82) is 0 Å². The summed E-state index contributed by atoms with van der Waals surface area (Å²) in [7, 11) is -3.59. The summed E-state index contributed by atoms with van der Waals surface area (Å²) in [4.78, 5) is 30.8. The van der Waals surface area contributed by atoms with Crippen molar-refractivity contribution < 1.29 is 13.2 Å². The van der Waals surface area contributed by atoms with Gasteiger partial charge in [0.05, 0.1) is 0 Å². The van der Waals surface area contributed by atoms with Crippen molar-refractivity contribution in [2.24, 2.45) is 0 Å². The summed E-state index contributed by atoms with van der Waals surface area (Å²) < 4.78 is 27.8. The van der Waals surface area contributed by atoms with Gasteiger partial charge < -0.3 is 19.7 Å². The Balaban J connectivity index is 1.09. The molecule has 2 aliphatic rings. The van der Waals surface area contributed by atoms with E-state index in [1.54, 1.807) is 24.5 Å². The Morgan fingerprint density at radius 1 is 0.912 bits per heavy atom. The Kier molecular flexibility index (Phi) is 6.48. The summed E-state index contributed by atoms with van der Waals surface area (Å²) in [5.41, 5.74) is 0.569. The minimum Gasteiger partial charge on any atom is -0.353 e. The second-order valence-corrected chi connectivity index (χ2v) is 10.5. The number of anilines is 1. The van der Waals surface area contributed by atoms with Crippen LogP contribution in [0.15, 0.2) is 53.8 Å². The maximum Gasteiger partial charge on any atom is 0.245 e. The first-order valence-corrected chi connectivity index (χ1v) is 13.0. The fourth-order valence-corrected chi connectivity index (χ4v) is 6.19. The molecule has 0 aromatic carbocycles. The number of amides is 1. The Bertz CT molecular complexity index is 1230. The van der Waals surface area contributed by atoms with Gasteiger partial charge in [-0.2, -0.15) is 4.31 Å². The summed E-state index contributed by atoms with van der Waals surface area (Å²) in [6.07, 6.45) is 5.39. The predicted molar refractivity (Wildman–Crippen MR) is 129 cm³/mol. The van der Waals surface area contributed by atoms with E-state index in [4.69, 9.17) is 0 Å². The maximum atomic E-state index is 13.2. The molecule has 2 saturated heterocycles. The first kappa shape index (κ1) is 22.8. The number of H-pyrrole nitrogens is 1. The van der Waals surface area contributed by atoms with Crippen LogP contribution in [0.5, 0.6) is 0 Å². The standard InChI is InChI=1S/C23H29N7O3S/c31-22(29-14-12-28(13-15-29)21-5-1-2-7-24-21)6-9-27-10-16-30(17-11-27)34(32,33)20-18-26-23-19(20)4-3-8-25-23/h1-5,7-8,18H,6,9-17H2,(H,25,26). The third-order valence-electron chi connectivity index (χ3n) is 6.61. The third kappa shape index (κ3) is 4.63. The average molecular weight is 484 g/mol. The number of sulfonamides is 1. The van der Waals surface area contributed by atoms with E-state index in [2.05, 4.69) is 24.8 Å². The largest absolute Gasteiger partial charge is 0.353 e. The Morgan fingerprint density at radius 2 is 1.68 bits per heavy atom. The molecule has 0 atom stereocenters. The molecule has 0 aliphatic carbocycles. The van der Waals surface area contributed by atoms with Crippen molar-refractivity contribution in [3.63, 3.8) is 0 Å². The van der Waals surface area contributed by atoms with Crippen molar-refractivity contribution in [1.82, 2.24) is 29.1 Å². The number of hydrogen-bond donors (Lipinski definition) is 1. The van der Waals surface area contributed by atoms with Crippen LogP contribution in [-0.2, 0) is 14.8 Å². The molecule has 0 radical (unpaired) electrons. The van der Waals surface area contributed by atoms with Crippen molar-refractivity contribution in [3.05, 3.63) is 48.9 Å². The zero-order valence-corrected chi connectivity index (χ0v) is 19.8. The number of carbonyl (C=O) groups is 1. The van der Waals surface area contributed by atoms with Gasteiger partial charge in [0, 0.05) is 89.3 Å². The smallest absolute Gasteiger partial charge is 0.245 e. The van der Waals surface area contributed by atoms with Crippen LogP contribution in [0.4, 0.5) is 5.82 Å². The second-order valence-electron chi connectivity index (χ2n) is 8.60. The van der Waals surface area contributed by atoms with Crippen molar-refractivity contribution in [3.8, 4) is 0 Å². The lowest BCUT2D eigenvalue weighted by molar-refractivity contribution is -0.131. The summed E-state index contributed by atoms with van der Waals surface area (Å²) in [5, 5.41) is 0.610. The van der Waals surface area contributed by atoms with E-state index in [0.29, 0.717) is 63.3 Å². The molecule has 0 bridgehead atoms. The van der Waals surface area contributed by atoms with E-state index in [1.165, 1.54) is 10.5 Å². The Morgan fingerprint density at radius 3 is 2.41 bits per heavy atom. The molecule has 0 unspecified atom stereocenters. The van der Waals surface area contributed by atoms with E-state index >= 15 is 0 Å². The van der Waals surface area contributed by atoms with Crippen molar-refractivity contribution in [2.75, 3.05) is 63.8 Å². The van der Waals surface area contributed by atoms with E-state index < -0.39 is 10.0 Å². The average Bonchev–Trinajstić information content (AvgIpc) is 3.33. The Labute approximate surface area is 199 Å². The number of aromatic amines is 1. The predicted octanol–water partition coefficient (Wildman–Crippen LogP) is 1.00. The molecule has 1 amide bonds. The molecule has 180 valence electrons. The van der Waals surface area contributed by atoms with Crippen LogP contribution < -0.4 is 4.90 Å². The number of pyridine rings is 2. The molecule has 5 rings (SSSR count). The first-order chi connectivity index (χ1) is 16.5. The number of hydrogen-bond acceptors (Lipinski definition) is 7. The number of rotatable bonds is 6. The van der Waals surface area contributed by atoms with Crippen LogP contribution in [-0.4, -0.2) is 102 Å². The lowest BCUT2D eigenvalue weighted by atomic mass is 10.2. The summed E-state index contributed by atoms with van der Waals surface area (Å²) in [5.74, 6) is 1.10. The number of carbonyl (C=O) groups excluding carboxylic acids is 1. The van der Waals surface area contributed by atoms with Crippen LogP contribution in [0, 0.1) is 0 Å². The number of fused-ring (bicyclic) bond motifs is 1. The molecule has 3 aromatic heterocycles. The van der Waals surface area contributed by atoms with Gasteiger partial charge in [-0.1, -0.05) is 6.07 Å². The van der Waals surface area contributed by atoms with Gasteiger partial charge in [0.2, 0.25) is 15.9 Å². The Hall–Kier alpha value is -3.02. The zero-order chi connectivity index (χ0) is 23.5. The van der Waals surface area contributed by atoms with Crippen LogP contribution in [0.25, 0.3) is 11.0 Å². The van der Waals surface area contributed by atoms with Crippen LogP contribution in [0.3, 0.4) is 0 Å². The number of nitrogens with zero attached hydrogens (tertiary/aromatic N) is 6. The molecule has 10 nitrogen and oxygen atoms in total. The van der Waals surface area contributed by atoms with Gasteiger partial charge in [-0.3, -0.25) is 4.79 Å². The maximum absolute atomic E-state index is 13.2. The van der Waals surface area contributed by atoms with Gasteiger partial charge >= 0.3 is 0 Å². The third-order valence-corrected chi connectivity index (χ3v) is 8.55. The summed E-state index contributed by atoms with van der Waals surface area (Å²) >= 11 is 0. The van der Waals surface area contributed by atoms with Gasteiger partial charge in [0.1, 0.15) is 16.4 Å². The lowest BCUT2D eigenvalue weighted by Gasteiger charge is -2.36. The number of piperazine rings is 2. The topological polar surface area (TPSA) is 106 Å².